The minimum absolute atomic E-state index is 0.535. The fraction of sp³-hybridized carbons (Fsp3) is 0.111. The largest absolute Gasteiger partial charge is 0.267 e. The minimum atomic E-state index is -0.535. The van der Waals surface area contributed by atoms with E-state index < -0.39 is 8.07 Å². The van der Waals surface area contributed by atoms with Gasteiger partial charge in [0.15, 0.2) is 0 Å². The number of nitrogens with zero attached hydrogens (tertiary/aromatic N) is 1. The fourth-order valence-electron chi connectivity index (χ4n) is 2.15. The Balaban J connectivity index is 2.42. The van der Waals surface area contributed by atoms with Gasteiger partial charge in [-0.2, -0.15) is 0 Å². The molecule has 0 spiro atoms. The number of hydrogen-bond acceptors (Lipinski definition) is 1. The molecule has 0 N–H and O–H groups in total. The van der Waals surface area contributed by atoms with E-state index in [-0.39, 0.29) is 0 Å². The highest BCUT2D eigenvalue weighted by Crippen LogP contribution is 2.37. The van der Waals surface area contributed by atoms with Crippen LogP contribution in [-0.4, -0.2) is 17.8 Å². The Morgan fingerprint density at radius 2 is 1.15 bits per heavy atom. The molecule has 2 rings (SSSR count). The second kappa shape index (κ2) is 7.79. The zero-order chi connectivity index (χ0) is 14.2. The first kappa shape index (κ1) is 14.7. The van der Waals surface area contributed by atoms with Crippen LogP contribution in [0.5, 0.6) is 0 Å². The molecule has 2 aromatic carbocycles. The van der Waals surface area contributed by atoms with Crippen LogP contribution in [0, 0.1) is 0 Å². The molecule has 0 aliphatic carbocycles. The summed E-state index contributed by atoms with van der Waals surface area (Å²) >= 11 is 0. The number of rotatable bonds is 7. The van der Waals surface area contributed by atoms with Crippen molar-refractivity contribution in [1.29, 1.82) is 0 Å². The average molecular weight is 281 g/mol. The summed E-state index contributed by atoms with van der Waals surface area (Å²) in [6.07, 6.45) is 3.93. The molecular weight excluding hydrogens is 261 g/mol. The summed E-state index contributed by atoms with van der Waals surface area (Å²) in [5.41, 5.74) is 0. The topological polar surface area (TPSA) is 3.24 Å². The van der Waals surface area contributed by atoms with Gasteiger partial charge in [0.2, 0.25) is 0 Å². The monoisotopic (exact) mass is 281 g/mol. The Morgan fingerprint density at radius 1 is 0.750 bits per heavy atom. The SMILES string of the molecule is C=CCN(CC=C)P(c1ccccc1)c1ccccc1. The molecule has 0 aliphatic rings. The van der Waals surface area contributed by atoms with Crippen molar-refractivity contribution in [2.45, 2.75) is 0 Å². The molecular formula is C18H20NP. The molecule has 0 saturated heterocycles. The van der Waals surface area contributed by atoms with Gasteiger partial charge in [0.25, 0.3) is 0 Å². The highest BCUT2D eigenvalue weighted by Gasteiger charge is 2.20. The molecule has 0 atom stereocenters. The quantitative estimate of drug-likeness (QED) is 0.552. The van der Waals surface area contributed by atoms with Crippen LogP contribution in [0.4, 0.5) is 0 Å². The first-order chi connectivity index (χ1) is 9.86. The average Bonchev–Trinajstić information content (AvgIpc) is 2.50. The zero-order valence-corrected chi connectivity index (χ0v) is 12.5. The summed E-state index contributed by atoms with van der Waals surface area (Å²) in [6.45, 7) is 9.50. The summed E-state index contributed by atoms with van der Waals surface area (Å²) in [6, 6.07) is 21.4. The Morgan fingerprint density at radius 3 is 1.50 bits per heavy atom. The Hall–Kier alpha value is -1.69. The fourth-order valence-corrected chi connectivity index (χ4v) is 4.57. The van der Waals surface area contributed by atoms with Crippen molar-refractivity contribution in [2.24, 2.45) is 0 Å². The molecule has 1 nitrogen and oxygen atoms in total. The van der Waals surface area contributed by atoms with Crippen molar-refractivity contribution >= 4 is 18.7 Å². The lowest BCUT2D eigenvalue weighted by Crippen LogP contribution is -2.29. The van der Waals surface area contributed by atoms with E-state index in [1.807, 2.05) is 12.2 Å². The standard InChI is InChI=1S/C18H20NP/c1-3-15-19(16-4-2)20(17-11-7-5-8-12-17)18-13-9-6-10-14-18/h3-14H,1-2,15-16H2. The molecule has 0 amide bonds. The molecule has 0 aromatic heterocycles. The summed E-state index contributed by atoms with van der Waals surface area (Å²) in [5.74, 6) is 0. The van der Waals surface area contributed by atoms with Crippen LogP contribution >= 0.6 is 8.07 Å². The maximum atomic E-state index is 3.89. The van der Waals surface area contributed by atoms with Gasteiger partial charge in [-0.1, -0.05) is 72.8 Å². The summed E-state index contributed by atoms with van der Waals surface area (Å²) in [7, 11) is -0.535. The Bertz CT molecular complexity index is 486. The molecule has 0 radical (unpaired) electrons. The summed E-state index contributed by atoms with van der Waals surface area (Å²) in [4.78, 5) is 0. The second-order valence-corrected chi connectivity index (χ2v) is 6.65. The van der Waals surface area contributed by atoms with Gasteiger partial charge < -0.3 is 0 Å². The van der Waals surface area contributed by atoms with E-state index in [1.54, 1.807) is 0 Å². The van der Waals surface area contributed by atoms with Crippen LogP contribution < -0.4 is 10.6 Å². The van der Waals surface area contributed by atoms with Crippen LogP contribution in [0.1, 0.15) is 0 Å². The predicted molar refractivity (Wildman–Crippen MR) is 91.0 cm³/mol. The number of benzene rings is 2. The highest BCUT2D eigenvalue weighted by molar-refractivity contribution is 7.70. The van der Waals surface area contributed by atoms with Crippen LogP contribution in [-0.2, 0) is 0 Å². The maximum Gasteiger partial charge on any atom is 0.0287 e. The molecule has 0 heterocycles. The van der Waals surface area contributed by atoms with Crippen LogP contribution in [0.15, 0.2) is 86.0 Å². The van der Waals surface area contributed by atoms with Gasteiger partial charge in [0, 0.05) is 21.2 Å². The van der Waals surface area contributed by atoms with Gasteiger partial charge in [-0.15, -0.1) is 13.2 Å². The molecule has 102 valence electrons. The lowest BCUT2D eigenvalue weighted by Gasteiger charge is -2.30. The summed E-state index contributed by atoms with van der Waals surface area (Å²) in [5, 5.41) is 2.72. The highest BCUT2D eigenvalue weighted by atomic mass is 31.1. The van der Waals surface area contributed by atoms with Gasteiger partial charge in [-0.05, 0) is 10.6 Å². The van der Waals surface area contributed by atoms with Crippen LogP contribution in [0.3, 0.4) is 0 Å². The number of hydrogen-bond donors (Lipinski definition) is 0. The Kier molecular flexibility index (Phi) is 5.73. The lowest BCUT2D eigenvalue weighted by atomic mass is 10.4. The first-order valence-corrected chi connectivity index (χ1v) is 8.03. The van der Waals surface area contributed by atoms with Crippen molar-refractivity contribution in [1.82, 2.24) is 4.67 Å². The molecule has 0 saturated carbocycles. The third-order valence-corrected chi connectivity index (χ3v) is 5.43. The van der Waals surface area contributed by atoms with E-state index in [0.29, 0.717) is 0 Å². The Labute approximate surface area is 123 Å². The predicted octanol–water partition coefficient (Wildman–Crippen LogP) is 3.71. The molecule has 2 heteroatoms. The molecule has 0 unspecified atom stereocenters. The summed E-state index contributed by atoms with van der Waals surface area (Å²) < 4.78 is 2.43. The third-order valence-electron chi connectivity index (χ3n) is 2.96. The minimum Gasteiger partial charge on any atom is -0.267 e. The lowest BCUT2D eigenvalue weighted by molar-refractivity contribution is 0.568. The van der Waals surface area contributed by atoms with Crippen molar-refractivity contribution in [3.8, 4) is 0 Å². The van der Waals surface area contributed by atoms with Gasteiger partial charge in [-0.25, -0.2) is 0 Å². The van der Waals surface area contributed by atoms with E-state index in [0.717, 1.165) is 13.1 Å². The van der Waals surface area contributed by atoms with Crippen LogP contribution in [0.25, 0.3) is 0 Å². The second-order valence-electron chi connectivity index (χ2n) is 4.43. The van der Waals surface area contributed by atoms with E-state index >= 15 is 0 Å². The van der Waals surface area contributed by atoms with Crippen molar-refractivity contribution in [3.63, 3.8) is 0 Å². The van der Waals surface area contributed by atoms with Crippen LogP contribution in [0.2, 0.25) is 0 Å². The smallest absolute Gasteiger partial charge is 0.0287 e. The molecule has 20 heavy (non-hydrogen) atoms. The molecule has 0 aliphatic heterocycles. The molecule has 0 bridgehead atoms. The van der Waals surface area contributed by atoms with Crippen molar-refractivity contribution in [3.05, 3.63) is 86.0 Å². The molecule has 2 aromatic rings. The van der Waals surface area contributed by atoms with E-state index in [9.17, 15) is 0 Å². The van der Waals surface area contributed by atoms with Crippen molar-refractivity contribution < 1.29 is 0 Å². The van der Waals surface area contributed by atoms with E-state index in [1.165, 1.54) is 10.6 Å². The van der Waals surface area contributed by atoms with Crippen molar-refractivity contribution in [2.75, 3.05) is 13.1 Å². The van der Waals surface area contributed by atoms with Gasteiger partial charge >= 0.3 is 0 Å². The normalized spacial score (nSPS) is 10.7. The van der Waals surface area contributed by atoms with E-state index in [2.05, 4.69) is 78.5 Å². The zero-order valence-electron chi connectivity index (χ0n) is 11.7. The first-order valence-electron chi connectivity index (χ1n) is 6.73. The van der Waals surface area contributed by atoms with Gasteiger partial charge in [0.05, 0.1) is 0 Å². The molecule has 0 fully saturated rings. The maximum absolute atomic E-state index is 3.89. The van der Waals surface area contributed by atoms with E-state index in [4.69, 9.17) is 0 Å². The third kappa shape index (κ3) is 3.66. The van der Waals surface area contributed by atoms with Gasteiger partial charge in [0.1, 0.15) is 0 Å². The van der Waals surface area contributed by atoms with Gasteiger partial charge in [-0.3, -0.25) is 4.67 Å².